The zero-order chi connectivity index (χ0) is 16.7. The Morgan fingerprint density at radius 2 is 1.83 bits per heavy atom. The van der Waals surface area contributed by atoms with Crippen LogP contribution in [0.2, 0.25) is 0 Å². The number of nitrogens with zero attached hydrogens (tertiary/aromatic N) is 1. The summed E-state index contributed by atoms with van der Waals surface area (Å²) in [5, 5.41) is 0. The van der Waals surface area contributed by atoms with Crippen LogP contribution in [0, 0.1) is 5.92 Å². The van der Waals surface area contributed by atoms with Crippen LogP contribution in [-0.2, 0) is 4.79 Å². The molecule has 0 aromatic heterocycles. The number of hydrogen-bond acceptors (Lipinski definition) is 1. The minimum atomic E-state index is -0.0645. The minimum Gasteiger partial charge on any atom is -0.312 e. The average Bonchev–Trinajstić information content (AvgIpc) is 2.61. The van der Waals surface area contributed by atoms with Gasteiger partial charge in [0.25, 0.3) is 0 Å². The third-order valence-corrected chi connectivity index (χ3v) is 5.32. The molecule has 2 nitrogen and oxygen atoms in total. The predicted octanol–water partition coefficient (Wildman–Crippen LogP) is 5.69. The van der Waals surface area contributed by atoms with E-state index in [0.717, 1.165) is 11.6 Å². The van der Waals surface area contributed by atoms with E-state index in [-0.39, 0.29) is 5.91 Å². The molecule has 2 rings (SSSR count). The molecule has 1 aliphatic carbocycles. The second-order valence-corrected chi connectivity index (χ2v) is 6.91. The molecule has 1 saturated carbocycles. The Morgan fingerprint density at radius 3 is 2.39 bits per heavy atom. The third-order valence-electron chi connectivity index (χ3n) is 5.32. The molecule has 126 valence electrons. The van der Waals surface area contributed by atoms with Crippen molar-refractivity contribution in [2.24, 2.45) is 5.92 Å². The summed E-state index contributed by atoms with van der Waals surface area (Å²) in [5.41, 5.74) is 2.37. The smallest absolute Gasteiger partial charge is 0.250 e. The Kier molecular flexibility index (Phi) is 6.88. The normalized spacial score (nSPS) is 21.0. The number of amides is 1. The number of carbonyl (C=O) groups is 1. The maximum Gasteiger partial charge on any atom is 0.250 e. The van der Waals surface area contributed by atoms with E-state index in [4.69, 9.17) is 0 Å². The van der Waals surface area contributed by atoms with Crippen LogP contribution in [0.15, 0.2) is 36.9 Å². The van der Waals surface area contributed by atoms with Gasteiger partial charge in [-0.25, -0.2) is 0 Å². The predicted molar refractivity (Wildman–Crippen MR) is 98.9 cm³/mol. The van der Waals surface area contributed by atoms with Crippen LogP contribution in [0.3, 0.4) is 0 Å². The minimum absolute atomic E-state index is 0.0645. The van der Waals surface area contributed by atoms with E-state index in [2.05, 4.69) is 37.8 Å². The second-order valence-electron chi connectivity index (χ2n) is 6.91. The first-order valence-corrected chi connectivity index (χ1v) is 9.15. The SMILES string of the molecule is C=CC(=O)N(C)c1ccc(C2CCC(CCCCC)CC2)cc1. The number of carbonyl (C=O) groups excluding carboxylic acids is 1. The number of rotatable bonds is 7. The lowest BCUT2D eigenvalue weighted by Crippen LogP contribution is -2.23. The van der Waals surface area contributed by atoms with Crippen LogP contribution in [0.1, 0.15) is 69.8 Å². The van der Waals surface area contributed by atoms with Crippen LogP contribution in [-0.4, -0.2) is 13.0 Å². The first-order chi connectivity index (χ1) is 11.2. The van der Waals surface area contributed by atoms with Crippen molar-refractivity contribution in [1.82, 2.24) is 0 Å². The van der Waals surface area contributed by atoms with Gasteiger partial charge in [0.1, 0.15) is 0 Å². The van der Waals surface area contributed by atoms with Crippen molar-refractivity contribution in [2.75, 3.05) is 11.9 Å². The fourth-order valence-corrected chi connectivity index (χ4v) is 3.70. The first-order valence-electron chi connectivity index (χ1n) is 9.15. The molecular weight excluding hydrogens is 282 g/mol. The molecular formula is C21H31NO. The van der Waals surface area contributed by atoms with E-state index < -0.39 is 0 Å². The number of hydrogen-bond donors (Lipinski definition) is 0. The molecule has 23 heavy (non-hydrogen) atoms. The van der Waals surface area contributed by atoms with Gasteiger partial charge in [0.05, 0.1) is 0 Å². The highest BCUT2D eigenvalue weighted by atomic mass is 16.2. The molecule has 1 aromatic carbocycles. The van der Waals surface area contributed by atoms with Crippen molar-refractivity contribution in [2.45, 2.75) is 64.2 Å². The van der Waals surface area contributed by atoms with Gasteiger partial charge in [0, 0.05) is 12.7 Å². The number of anilines is 1. The van der Waals surface area contributed by atoms with Gasteiger partial charge in [0.15, 0.2) is 0 Å². The lowest BCUT2D eigenvalue weighted by atomic mass is 9.77. The van der Waals surface area contributed by atoms with E-state index in [9.17, 15) is 4.79 Å². The van der Waals surface area contributed by atoms with Gasteiger partial charge in [-0.15, -0.1) is 0 Å². The molecule has 0 spiro atoms. The fourth-order valence-electron chi connectivity index (χ4n) is 3.70. The summed E-state index contributed by atoms with van der Waals surface area (Å²) in [5.74, 6) is 1.59. The highest BCUT2D eigenvalue weighted by Crippen LogP contribution is 2.38. The van der Waals surface area contributed by atoms with E-state index >= 15 is 0 Å². The van der Waals surface area contributed by atoms with Gasteiger partial charge >= 0.3 is 0 Å². The van der Waals surface area contributed by atoms with E-state index in [0.29, 0.717) is 5.92 Å². The molecule has 0 atom stereocenters. The Bertz CT molecular complexity index is 497. The molecule has 0 saturated heterocycles. The van der Waals surface area contributed by atoms with Crippen molar-refractivity contribution in [3.63, 3.8) is 0 Å². The molecule has 0 heterocycles. The summed E-state index contributed by atoms with van der Waals surface area (Å²) in [6.45, 7) is 5.82. The van der Waals surface area contributed by atoms with Crippen LogP contribution in [0.5, 0.6) is 0 Å². The van der Waals surface area contributed by atoms with Crippen molar-refractivity contribution in [1.29, 1.82) is 0 Å². The summed E-state index contributed by atoms with van der Waals surface area (Å²) in [4.78, 5) is 13.3. The molecule has 2 heteroatoms. The van der Waals surface area contributed by atoms with Gasteiger partial charge < -0.3 is 4.90 Å². The summed E-state index contributed by atoms with van der Waals surface area (Å²) < 4.78 is 0. The van der Waals surface area contributed by atoms with Crippen molar-refractivity contribution in [3.05, 3.63) is 42.5 Å². The summed E-state index contributed by atoms with van der Waals surface area (Å²) in [6.07, 6.45) is 12.3. The molecule has 0 radical (unpaired) electrons. The summed E-state index contributed by atoms with van der Waals surface area (Å²) in [6, 6.07) is 8.52. The standard InChI is InChI=1S/C21H31NO/c1-4-6-7-8-17-9-11-18(12-10-17)19-13-15-20(16-14-19)22(3)21(23)5-2/h5,13-18H,2,4,6-12H2,1,3H3. The fraction of sp³-hybridized carbons (Fsp3) is 0.571. The van der Waals surface area contributed by atoms with Crippen LogP contribution >= 0.6 is 0 Å². The maximum atomic E-state index is 11.7. The zero-order valence-corrected chi connectivity index (χ0v) is 14.8. The molecule has 0 N–H and O–H groups in total. The zero-order valence-electron chi connectivity index (χ0n) is 14.8. The monoisotopic (exact) mass is 313 g/mol. The second kappa shape index (κ2) is 8.90. The Balaban J connectivity index is 1.86. The molecule has 1 aromatic rings. The lowest BCUT2D eigenvalue weighted by Gasteiger charge is -2.29. The lowest BCUT2D eigenvalue weighted by molar-refractivity contribution is -0.113. The van der Waals surface area contributed by atoms with E-state index in [1.165, 1.54) is 63.0 Å². The molecule has 1 fully saturated rings. The Labute approximate surface area is 141 Å². The van der Waals surface area contributed by atoms with E-state index in [1.54, 1.807) is 11.9 Å². The number of benzene rings is 1. The van der Waals surface area contributed by atoms with Gasteiger partial charge in [-0.05, 0) is 61.3 Å². The first kappa shape index (κ1) is 17.8. The van der Waals surface area contributed by atoms with Gasteiger partial charge in [0.2, 0.25) is 5.91 Å². The number of likely N-dealkylation sites (N-methyl/N-ethyl adjacent to an activating group) is 1. The van der Waals surface area contributed by atoms with Gasteiger partial charge in [-0.1, -0.05) is 51.3 Å². The van der Waals surface area contributed by atoms with Crippen LogP contribution in [0.4, 0.5) is 5.69 Å². The third kappa shape index (κ3) is 4.95. The van der Waals surface area contributed by atoms with E-state index in [1.807, 2.05) is 0 Å². The highest BCUT2D eigenvalue weighted by molar-refractivity contribution is 6.00. The van der Waals surface area contributed by atoms with Gasteiger partial charge in [-0.2, -0.15) is 0 Å². The van der Waals surface area contributed by atoms with Crippen molar-refractivity contribution >= 4 is 11.6 Å². The number of unbranched alkanes of at least 4 members (excludes halogenated alkanes) is 2. The molecule has 0 bridgehead atoms. The topological polar surface area (TPSA) is 20.3 Å². The average molecular weight is 313 g/mol. The summed E-state index contributed by atoms with van der Waals surface area (Å²) >= 11 is 0. The van der Waals surface area contributed by atoms with Crippen molar-refractivity contribution in [3.8, 4) is 0 Å². The highest BCUT2D eigenvalue weighted by Gasteiger charge is 2.22. The molecule has 1 amide bonds. The van der Waals surface area contributed by atoms with Crippen molar-refractivity contribution < 1.29 is 4.79 Å². The molecule has 0 unspecified atom stereocenters. The van der Waals surface area contributed by atoms with Crippen LogP contribution in [0.25, 0.3) is 0 Å². The summed E-state index contributed by atoms with van der Waals surface area (Å²) in [7, 11) is 1.79. The quantitative estimate of drug-likeness (QED) is 0.468. The Morgan fingerprint density at radius 1 is 1.17 bits per heavy atom. The molecule has 1 aliphatic rings. The largest absolute Gasteiger partial charge is 0.312 e. The van der Waals surface area contributed by atoms with Gasteiger partial charge in [-0.3, -0.25) is 4.79 Å². The molecule has 0 aliphatic heterocycles. The Hall–Kier alpha value is -1.57. The maximum absolute atomic E-state index is 11.7. The van der Waals surface area contributed by atoms with Crippen LogP contribution < -0.4 is 4.90 Å².